The van der Waals surface area contributed by atoms with Crippen molar-refractivity contribution < 1.29 is 19.5 Å². The summed E-state index contributed by atoms with van der Waals surface area (Å²) in [6, 6.07) is 7.17. The van der Waals surface area contributed by atoms with Crippen LogP contribution < -0.4 is 4.90 Å². The fourth-order valence-corrected chi connectivity index (χ4v) is 2.64. The Labute approximate surface area is 123 Å². The Morgan fingerprint density at radius 1 is 1.38 bits per heavy atom. The van der Waals surface area contributed by atoms with E-state index in [0.29, 0.717) is 12.1 Å². The lowest BCUT2D eigenvalue weighted by molar-refractivity contribution is -0.144. The Morgan fingerprint density at radius 3 is 2.52 bits per heavy atom. The van der Waals surface area contributed by atoms with Crippen LogP contribution in [0.2, 0.25) is 0 Å². The normalized spacial score (nSPS) is 20.1. The van der Waals surface area contributed by atoms with E-state index in [1.807, 2.05) is 0 Å². The van der Waals surface area contributed by atoms with Crippen LogP contribution in [0.5, 0.6) is 0 Å². The number of aliphatic carboxylic acids is 1. The number of imide groups is 1. The SMILES string of the molecule is CCC(C(=O)O)N(C)C1CC(=O)N(c2ccccc2)C1=O. The molecule has 0 radical (unpaired) electrons. The Balaban J connectivity index is 2.24. The van der Waals surface area contributed by atoms with Crippen molar-refractivity contribution >= 4 is 23.5 Å². The number of carbonyl (C=O) groups is 3. The third kappa shape index (κ3) is 2.80. The standard InChI is InChI=1S/C15H18N2O4/c1-3-11(15(20)21)16(2)12-9-13(18)17(14(12)19)10-7-5-4-6-8-10/h4-8,11-12H,3,9H2,1-2H3,(H,20,21). The first-order valence-corrected chi connectivity index (χ1v) is 6.84. The number of hydrogen-bond acceptors (Lipinski definition) is 4. The average Bonchev–Trinajstić information content (AvgIpc) is 2.75. The van der Waals surface area contributed by atoms with Gasteiger partial charge in [0.2, 0.25) is 5.91 Å². The molecule has 1 aliphatic rings. The van der Waals surface area contributed by atoms with E-state index in [0.717, 1.165) is 4.90 Å². The molecule has 6 heteroatoms. The smallest absolute Gasteiger partial charge is 0.320 e. The maximum Gasteiger partial charge on any atom is 0.320 e. The molecule has 1 aromatic rings. The van der Waals surface area contributed by atoms with E-state index in [1.54, 1.807) is 44.3 Å². The second-order valence-electron chi connectivity index (χ2n) is 5.05. The monoisotopic (exact) mass is 290 g/mol. The molecule has 0 aromatic heterocycles. The van der Waals surface area contributed by atoms with E-state index in [1.165, 1.54) is 4.90 Å². The van der Waals surface area contributed by atoms with Gasteiger partial charge >= 0.3 is 5.97 Å². The van der Waals surface area contributed by atoms with E-state index < -0.39 is 18.1 Å². The van der Waals surface area contributed by atoms with Gasteiger partial charge in [0.15, 0.2) is 0 Å². The predicted molar refractivity (Wildman–Crippen MR) is 76.8 cm³/mol. The number of carboxylic acids is 1. The summed E-state index contributed by atoms with van der Waals surface area (Å²) in [5.74, 6) is -1.66. The minimum absolute atomic E-state index is 0.00794. The van der Waals surface area contributed by atoms with Crippen LogP contribution in [-0.4, -0.2) is 46.9 Å². The van der Waals surface area contributed by atoms with Gasteiger partial charge in [-0.25, -0.2) is 4.90 Å². The second kappa shape index (κ2) is 6.05. The van der Waals surface area contributed by atoms with Crippen molar-refractivity contribution in [1.82, 2.24) is 4.90 Å². The zero-order valence-corrected chi connectivity index (χ0v) is 12.0. The van der Waals surface area contributed by atoms with Gasteiger partial charge in [-0.15, -0.1) is 0 Å². The summed E-state index contributed by atoms with van der Waals surface area (Å²) >= 11 is 0. The van der Waals surface area contributed by atoms with Crippen LogP contribution in [-0.2, 0) is 14.4 Å². The number of rotatable bonds is 5. The maximum atomic E-state index is 12.5. The first-order chi connectivity index (χ1) is 9.97. The number of anilines is 1. The highest BCUT2D eigenvalue weighted by Crippen LogP contribution is 2.26. The summed E-state index contributed by atoms with van der Waals surface area (Å²) in [6.07, 6.45) is 0.378. The Morgan fingerprint density at radius 2 is 2.00 bits per heavy atom. The van der Waals surface area contributed by atoms with Crippen LogP contribution in [0.3, 0.4) is 0 Å². The third-order valence-electron chi connectivity index (χ3n) is 3.79. The quantitative estimate of drug-likeness (QED) is 0.822. The van der Waals surface area contributed by atoms with Gasteiger partial charge in [0.05, 0.1) is 18.2 Å². The molecule has 1 saturated heterocycles. The van der Waals surface area contributed by atoms with Crippen molar-refractivity contribution in [2.45, 2.75) is 31.8 Å². The average molecular weight is 290 g/mol. The molecule has 1 aromatic carbocycles. The van der Waals surface area contributed by atoms with Gasteiger partial charge in [-0.1, -0.05) is 25.1 Å². The van der Waals surface area contributed by atoms with Crippen LogP contribution >= 0.6 is 0 Å². The molecule has 2 unspecified atom stereocenters. The molecule has 2 amide bonds. The van der Waals surface area contributed by atoms with Crippen molar-refractivity contribution in [2.75, 3.05) is 11.9 Å². The molecule has 1 aliphatic heterocycles. The van der Waals surface area contributed by atoms with Gasteiger partial charge in [0, 0.05) is 0 Å². The molecule has 112 valence electrons. The van der Waals surface area contributed by atoms with Crippen LogP contribution in [0.15, 0.2) is 30.3 Å². The largest absolute Gasteiger partial charge is 0.480 e. The van der Waals surface area contributed by atoms with Crippen molar-refractivity contribution in [3.8, 4) is 0 Å². The first-order valence-electron chi connectivity index (χ1n) is 6.84. The number of hydrogen-bond donors (Lipinski definition) is 1. The zero-order valence-electron chi connectivity index (χ0n) is 12.0. The van der Waals surface area contributed by atoms with Crippen LogP contribution in [0.25, 0.3) is 0 Å². The Hall–Kier alpha value is -2.21. The van der Waals surface area contributed by atoms with Gasteiger partial charge < -0.3 is 5.11 Å². The van der Waals surface area contributed by atoms with Crippen molar-refractivity contribution in [3.63, 3.8) is 0 Å². The van der Waals surface area contributed by atoms with Gasteiger partial charge in [-0.3, -0.25) is 19.3 Å². The minimum atomic E-state index is -0.988. The van der Waals surface area contributed by atoms with Crippen molar-refractivity contribution in [1.29, 1.82) is 0 Å². The highest BCUT2D eigenvalue weighted by molar-refractivity contribution is 6.22. The lowest BCUT2D eigenvalue weighted by Crippen LogP contribution is -2.48. The summed E-state index contributed by atoms with van der Waals surface area (Å²) in [7, 11) is 1.58. The second-order valence-corrected chi connectivity index (χ2v) is 5.05. The summed E-state index contributed by atoms with van der Waals surface area (Å²) in [6.45, 7) is 1.74. The zero-order chi connectivity index (χ0) is 15.6. The van der Waals surface area contributed by atoms with Gasteiger partial charge in [-0.2, -0.15) is 0 Å². The highest BCUT2D eigenvalue weighted by atomic mass is 16.4. The topological polar surface area (TPSA) is 77.9 Å². The van der Waals surface area contributed by atoms with Gasteiger partial charge in [-0.05, 0) is 25.6 Å². The molecule has 1 N–H and O–H groups in total. The maximum absolute atomic E-state index is 12.5. The molecule has 1 fully saturated rings. The molecule has 0 bridgehead atoms. The van der Waals surface area contributed by atoms with E-state index >= 15 is 0 Å². The number of carboxylic acid groups (broad SMARTS) is 1. The number of amides is 2. The molecule has 2 atom stereocenters. The molecule has 0 aliphatic carbocycles. The summed E-state index contributed by atoms with van der Waals surface area (Å²) < 4.78 is 0. The first kappa shape index (κ1) is 15.2. The van der Waals surface area contributed by atoms with Crippen molar-refractivity contribution in [2.24, 2.45) is 0 Å². The summed E-state index contributed by atoms with van der Waals surface area (Å²) in [4.78, 5) is 38.4. The number of para-hydroxylation sites is 1. The molecule has 6 nitrogen and oxygen atoms in total. The Kier molecular flexibility index (Phi) is 4.37. The number of carbonyl (C=O) groups excluding carboxylic acids is 2. The molecule has 0 saturated carbocycles. The lowest BCUT2D eigenvalue weighted by atomic mass is 10.1. The minimum Gasteiger partial charge on any atom is -0.480 e. The van der Waals surface area contributed by atoms with Crippen molar-refractivity contribution in [3.05, 3.63) is 30.3 Å². The van der Waals surface area contributed by atoms with E-state index in [2.05, 4.69) is 0 Å². The molecule has 0 spiro atoms. The molecule has 2 rings (SSSR count). The van der Waals surface area contributed by atoms with Gasteiger partial charge in [0.1, 0.15) is 6.04 Å². The summed E-state index contributed by atoms with van der Waals surface area (Å²) in [5, 5.41) is 9.19. The third-order valence-corrected chi connectivity index (χ3v) is 3.79. The highest BCUT2D eigenvalue weighted by Gasteiger charge is 2.44. The van der Waals surface area contributed by atoms with E-state index in [-0.39, 0.29) is 18.2 Å². The molecule has 21 heavy (non-hydrogen) atoms. The molecular weight excluding hydrogens is 272 g/mol. The lowest BCUT2D eigenvalue weighted by Gasteiger charge is -2.27. The van der Waals surface area contributed by atoms with E-state index in [4.69, 9.17) is 0 Å². The summed E-state index contributed by atoms with van der Waals surface area (Å²) in [5.41, 5.74) is 0.520. The Bertz CT molecular complexity index is 558. The molecular formula is C15H18N2O4. The van der Waals surface area contributed by atoms with E-state index in [9.17, 15) is 19.5 Å². The number of likely N-dealkylation sites (N-methyl/N-ethyl adjacent to an activating group) is 1. The fourth-order valence-electron chi connectivity index (χ4n) is 2.64. The van der Waals surface area contributed by atoms with Crippen LogP contribution in [0, 0.1) is 0 Å². The fraction of sp³-hybridized carbons (Fsp3) is 0.400. The predicted octanol–water partition coefficient (Wildman–Crippen LogP) is 1.11. The number of benzene rings is 1. The van der Waals surface area contributed by atoms with Crippen LogP contribution in [0.1, 0.15) is 19.8 Å². The number of nitrogens with zero attached hydrogens (tertiary/aromatic N) is 2. The molecule has 1 heterocycles. The van der Waals surface area contributed by atoms with Gasteiger partial charge in [0.25, 0.3) is 5.91 Å². The van der Waals surface area contributed by atoms with Crippen LogP contribution in [0.4, 0.5) is 5.69 Å².